The summed E-state index contributed by atoms with van der Waals surface area (Å²) in [6.07, 6.45) is -0.169. The molecule has 1 aliphatic carbocycles. The Morgan fingerprint density at radius 2 is 1.75 bits per heavy atom. The number of rotatable bonds is 6. The summed E-state index contributed by atoms with van der Waals surface area (Å²) in [5.74, 6) is -2.03. The number of aryl methyl sites for hydroxylation is 1. The average molecular weight is 649 g/mol. The fraction of sp³-hybridized carbons (Fsp3) is 0.270. The van der Waals surface area contributed by atoms with Gasteiger partial charge in [0.1, 0.15) is 0 Å². The number of halogens is 1. The molecule has 1 aliphatic heterocycles. The van der Waals surface area contributed by atoms with E-state index < -0.39 is 29.4 Å². The first-order chi connectivity index (χ1) is 22.8. The van der Waals surface area contributed by atoms with E-state index in [1.807, 2.05) is 19.1 Å². The Hall–Kier alpha value is -5.42. The molecule has 10 nitrogen and oxygen atoms in total. The maximum Gasteiger partial charge on any atom is 0.337 e. The van der Waals surface area contributed by atoms with Gasteiger partial charge >= 0.3 is 5.97 Å². The summed E-state index contributed by atoms with van der Waals surface area (Å²) in [7, 11) is 0. The molecule has 1 amide bonds. The second-order valence-electron chi connectivity index (χ2n) is 13.1. The normalized spacial score (nSPS) is 14.2. The Labute approximate surface area is 275 Å². The van der Waals surface area contributed by atoms with Crippen LogP contribution in [-0.2, 0) is 16.0 Å². The van der Waals surface area contributed by atoms with E-state index in [1.165, 1.54) is 10.6 Å². The van der Waals surface area contributed by atoms with Crippen LogP contribution in [0.2, 0.25) is 0 Å². The highest BCUT2D eigenvalue weighted by atomic mass is 19.1. The predicted molar refractivity (Wildman–Crippen MR) is 176 cm³/mol. The molecule has 11 heteroatoms. The molecule has 1 atom stereocenters. The Kier molecular flexibility index (Phi) is 7.39. The molecule has 0 saturated carbocycles. The summed E-state index contributed by atoms with van der Waals surface area (Å²) in [5, 5.41) is 17.9. The maximum atomic E-state index is 15.6. The summed E-state index contributed by atoms with van der Waals surface area (Å²) < 4.78 is 28.8. The summed E-state index contributed by atoms with van der Waals surface area (Å²) in [5.41, 5.74) is 5.01. The largest absolute Gasteiger partial charge is 0.490 e. The van der Waals surface area contributed by atoms with Crippen molar-refractivity contribution < 1.29 is 33.4 Å². The number of carboxylic acid groups (broad SMARTS) is 1. The van der Waals surface area contributed by atoms with Crippen LogP contribution in [0.5, 0.6) is 5.75 Å². The van der Waals surface area contributed by atoms with Crippen molar-refractivity contribution in [2.24, 2.45) is 0 Å². The SMILES string of the molecule is Cc1nc2cc(NC(=O)c3ccc4c(c3)-c3ccccc3C4=O)nn2c(-c2cc(F)c3c(c2C)CCCO3)c1C(OC(C)(C)C)C(=O)O. The summed E-state index contributed by atoms with van der Waals surface area (Å²) in [4.78, 5) is 43.8. The molecule has 2 aliphatic rings. The van der Waals surface area contributed by atoms with Gasteiger partial charge in [-0.05, 0) is 88.4 Å². The predicted octanol–water partition coefficient (Wildman–Crippen LogP) is 6.88. The number of ketones is 1. The van der Waals surface area contributed by atoms with E-state index in [0.717, 1.165) is 5.56 Å². The number of anilines is 1. The van der Waals surface area contributed by atoms with Crippen molar-refractivity contribution in [3.8, 4) is 28.1 Å². The van der Waals surface area contributed by atoms with Crippen LogP contribution in [0, 0.1) is 19.7 Å². The van der Waals surface area contributed by atoms with Crippen LogP contribution >= 0.6 is 0 Å². The second kappa shape index (κ2) is 11.4. The maximum absolute atomic E-state index is 15.6. The van der Waals surface area contributed by atoms with E-state index in [9.17, 15) is 19.5 Å². The topological polar surface area (TPSA) is 132 Å². The van der Waals surface area contributed by atoms with Crippen molar-refractivity contribution >= 4 is 29.1 Å². The van der Waals surface area contributed by atoms with Gasteiger partial charge in [-0.1, -0.05) is 24.3 Å². The van der Waals surface area contributed by atoms with E-state index in [4.69, 9.17) is 9.47 Å². The monoisotopic (exact) mass is 648 g/mol. The molecule has 3 aromatic carbocycles. The standard InChI is InChI=1S/C37H33FN4O6/c1-18-21-11-8-14-47-33(21)27(38)16-25(18)31-30(34(36(45)46)48-37(3,4)5)19(2)39-29-17-28(41-42(29)31)40-35(44)20-12-13-24-26(15-20)22-9-6-7-10-23(22)32(24)43/h6-7,9-10,12-13,15-17,34H,8,11,14H2,1-5H3,(H,45,46)(H,40,41,44). The van der Waals surface area contributed by atoms with Crippen molar-refractivity contribution in [3.63, 3.8) is 0 Å². The lowest BCUT2D eigenvalue weighted by Crippen LogP contribution is -2.29. The molecule has 2 N–H and O–H groups in total. The van der Waals surface area contributed by atoms with E-state index in [1.54, 1.807) is 64.1 Å². The van der Waals surface area contributed by atoms with Crippen LogP contribution in [0.25, 0.3) is 28.0 Å². The second-order valence-corrected chi connectivity index (χ2v) is 13.1. The molecule has 3 heterocycles. The van der Waals surface area contributed by atoms with Crippen LogP contribution in [0.15, 0.2) is 54.6 Å². The zero-order valence-corrected chi connectivity index (χ0v) is 27.1. The minimum atomic E-state index is -1.47. The number of benzene rings is 3. The molecule has 48 heavy (non-hydrogen) atoms. The van der Waals surface area contributed by atoms with Gasteiger partial charge in [-0.15, -0.1) is 5.10 Å². The van der Waals surface area contributed by atoms with Crippen molar-refractivity contribution in [2.45, 2.75) is 59.2 Å². The number of fused-ring (bicyclic) bond motifs is 5. The summed E-state index contributed by atoms with van der Waals surface area (Å²) >= 11 is 0. The highest BCUT2D eigenvalue weighted by molar-refractivity contribution is 6.22. The van der Waals surface area contributed by atoms with E-state index in [2.05, 4.69) is 15.4 Å². The molecule has 0 bridgehead atoms. The fourth-order valence-corrected chi connectivity index (χ4v) is 6.61. The van der Waals surface area contributed by atoms with Crippen LogP contribution in [-0.4, -0.2) is 49.6 Å². The number of nitrogens with one attached hydrogen (secondary N) is 1. The first kappa shape index (κ1) is 31.2. The van der Waals surface area contributed by atoms with E-state index in [0.29, 0.717) is 69.7 Å². The average Bonchev–Trinajstić information content (AvgIpc) is 3.58. The number of aliphatic carboxylic acids is 1. The van der Waals surface area contributed by atoms with Crippen molar-refractivity contribution in [2.75, 3.05) is 11.9 Å². The lowest BCUT2D eigenvalue weighted by molar-refractivity contribution is -0.160. The molecular weight excluding hydrogens is 615 g/mol. The highest BCUT2D eigenvalue weighted by Crippen LogP contribution is 2.42. The zero-order valence-electron chi connectivity index (χ0n) is 27.1. The van der Waals surface area contributed by atoms with Crippen LogP contribution in [0.4, 0.5) is 10.2 Å². The lowest BCUT2D eigenvalue weighted by atomic mass is 9.91. The Balaban J connectivity index is 1.37. The Morgan fingerprint density at radius 1 is 1.02 bits per heavy atom. The van der Waals surface area contributed by atoms with Gasteiger partial charge < -0.3 is 19.9 Å². The van der Waals surface area contributed by atoms with Gasteiger partial charge in [0.05, 0.1) is 17.9 Å². The number of aromatic nitrogens is 3. The third kappa shape index (κ3) is 5.20. The third-order valence-electron chi connectivity index (χ3n) is 8.71. The fourth-order valence-electron chi connectivity index (χ4n) is 6.61. The first-order valence-corrected chi connectivity index (χ1v) is 15.7. The van der Waals surface area contributed by atoms with Gasteiger partial charge in [0.25, 0.3) is 5.91 Å². The van der Waals surface area contributed by atoms with Gasteiger partial charge in [-0.2, -0.15) is 0 Å². The van der Waals surface area contributed by atoms with Crippen LogP contribution in [0.3, 0.4) is 0 Å². The third-order valence-corrected chi connectivity index (χ3v) is 8.71. The lowest BCUT2D eigenvalue weighted by Gasteiger charge is -2.28. The number of nitrogens with zero attached hydrogens (tertiary/aromatic N) is 3. The number of carboxylic acids is 1. The number of carbonyl (C=O) groups is 3. The van der Waals surface area contributed by atoms with E-state index >= 15 is 4.39 Å². The van der Waals surface area contributed by atoms with Gasteiger partial charge in [-0.25, -0.2) is 18.7 Å². The zero-order chi connectivity index (χ0) is 34.1. The number of amides is 1. The Morgan fingerprint density at radius 3 is 2.48 bits per heavy atom. The molecule has 5 aromatic rings. The molecule has 7 rings (SSSR count). The molecule has 0 radical (unpaired) electrons. The van der Waals surface area contributed by atoms with Crippen LogP contribution in [0.1, 0.15) is 82.0 Å². The molecule has 2 aromatic heterocycles. The Bertz CT molecular complexity index is 2200. The molecule has 0 saturated heterocycles. The van der Waals surface area contributed by atoms with Gasteiger partial charge in [0, 0.05) is 45.1 Å². The van der Waals surface area contributed by atoms with Crippen molar-refractivity contribution in [1.29, 1.82) is 0 Å². The number of hydrogen-bond donors (Lipinski definition) is 2. The summed E-state index contributed by atoms with van der Waals surface area (Å²) in [6.45, 7) is 9.17. The van der Waals surface area contributed by atoms with Crippen LogP contribution < -0.4 is 10.1 Å². The minimum Gasteiger partial charge on any atom is -0.490 e. The number of hydrogen-bond acceptors (Lipinski definition) is 7. The molecule has 244 valence electrons. The molecule has 0 spiro atoms. The molecular formula is C37H33FN4O6. The van der Waals surface area contributed by atoms with Gasteiger partial charge in [0.15, 0.2) is 34.9 Å². The minimum absolute atomic E-state index is 0.0896. The number of carbonyl (C=O) groups excluding carboxylic acids is 2. The van der Waals surface area contributed by atoms with Crippen molar-refractivity contribution in [3.05, 3.63) is 99.5 Å². The highest BCUT2D eigenvalue weighted by Gasteiger charge is 2.35. The van der Waals surface area contributed by atoms with E-state index in [-0.39, 0.29) is 28.6 Å². The number of ether oxygens (including phenoxy) is 2. The molecule has 0 fully saturated rings. The molecule has 1 unspecified atom stereocenters. The van der Waals surface area contributed by atoms with Crippen molar-refractivity contribution in [1.82, 2.24) is 14.6 Å². The smallest absolute Gasteiger partial charge is 0.337 e. The van der Waals surface area contributed by atoms with Gasteiger partial charge in [-0.3, -0.25) is 9.59 Å². The first-order valence-electron chi connectivity index (χ1n) is 15.7. The summed E-state index contributed by atoms with van der Waals surface area (Å²) in [6, 6.07) is 15.1. The van der Waals surface area contributed by atoms with Gasteiger partial charge in [0.2, 0.25) is 0 Å². The quantitative estimate of drug-likeness (QED) is 0.200.